The molecule has 0 saturated carbocycles. The first-order chi connectivity index (χ1) is 10.6. The number of hydrogen-bond acceptors (Lipinski definition) is 3. The maximum atomic E-state index is 12.9. The zero-order chi connectivity index (χ0) is 15.5. The van der Waals surface area contributed by atoms with Crippen LogP contribution in [0.25, 0.3) is 0 Å². The second-order valence-corrected chi connectivity index (χ2v) is 7.16. The summed E-state index contributed by atoms with van der Waals surface area (Å²) in [7, 11) is 0. The molecule has 2 aliphatic rings. The molecule has 5 heteroatoms. The van der Waals surface area contributed by atoms with E-state index in [0.717, 1.165) is 25.0 Å². The Morgan fingerprint density at radius 1 is 1.32 bits per heavy atom. The van der Waals surface area contributed by atoms with Crippen molar-refractivity contribution in [2.45, 2.75) is 56.1 Å². The molecule has 1 N–H and O–H groups in total. The fraction of sp³-hybridized carbons (Fsp3) is 0.529. The second kappa shape index (κ2) is 6.73. The first kappa shape index (κ1) is 15.4. The van der Waals surface area contributed by atoms with Gasteiger partial charge in [-0.15, -0.1) is 11.8 Å². The van der Waals surface area contributed by atoms with Crippen LogP contribution in [0.5, 0.6) is 0 Å². The number of fused-ring (bicyclic) bond motifs is 1. The van der Waals surface area contributed by atoms with Gasteiger partial charge in [0.2, 0.25) is 11.8 Å². The highest BCUT2D eigenvalue weighted by Crippen LogP contribution is 2.30. The zero-order valence-corrected chi connectivity index (χ0v) is 13.7. The van der Waals surface area contributed by atoms with Gasteiger partial charge in [-0.1, -0.05) is 24.6 Å². The van der Waals surface area contributed by atoms with Gasteiger partial charge in [0.15, 0.2) is 0 Å². The molecule has 2 amide bonds. The average Bonchev–Trinajstić information content (AvgIpc) is 2.83. The fourth-order valence-corrected chi connectivity index (χ4v) is 4.16. The monoisotopic (exact) mass is 318 g/mol. The maximum absolute atomic E-state index is 12.9. The lowest BCUT2D eigenvalue weighted by Gasteiger charge is -2.30. The highest BCUT2D eigenvalue weighted by Gasteiger charge is 2.31. The standard InChI is InChI=1S/C17H22N2O2S/c1-12-11-22-15-8-4-2-6-13(15)10-19(12)17(21)14-7-3-5-9-16(20)18-14/h2,4,6,8,12,14H,3,5,7,9-11H2,1H3,(H,18,20)/t12-,14+/m0/s1. The van der Waals surface area contributed by atoms with Crippen LogP contribution in [-0.4, -0.2) is 34.6 Å². The van der Waals surface area contributed by atoms with Crippen LogP contribution in [0.2, 0.25) is 0 Å². The molecule has 1 aromatic carbocycles. The van der Waals surface area contributed by atoms with Crippen LogP contribution < -0.4 is 5.32 Å². The summed E-state index contributed by atoms with van der Waals surface area (Å²) in [6.07, 6.45) is 3.10. The molecule has 0 radical (unpaired) electrons. The van der Waals surface area contributed by atoms with Gasteiger partial charge in [-0.2, -0.15) is 0 Å². The van der Waals surface area contributed by atoms with Gasteiger partial charge in [0.05, 0.1) is 0 Å². The quantitative estimate of drug-likeness (QED) is 0.866. The summed E-state index contributed by atoms with van der Waals surface area (Å²) in [4.78, 5) is 27.9. The SMILES string of the molecule is C[C@H]1CSc2ccccc2CN1C(=O)[C@H]1CCCCC(=O)N1. The van der Waals surface area contributed by atoms with Gasteiger partial charge in [0.25, 0.3) is 0 Å². The van der Waals surface area contributed by atoms with E-state index in [-0.39, 0.29) is 23.9 Å². The number of nitrogens with zero attached hydrogens (tertiary/aromatic N) is 1. The maximum Gasteiger partial charge on any atom is 0.245 e. The molecule has 1 saturated heterocycles. The van der Waals surface area contributed by atoms with E-state index in [2.05, 4.69) is 24.4 Å². The molecule has 0 bridgehead atoms. The summed E-state index contributed by atoms with van der Waals surface area (Å²) < 4.78 is 0. The topological polar surface area (TPSA) is 49.4 Å². The third kappa shape index (κ3) is 3.29. The van der Waals surface area contributed by atoms with Gasteiger partial charge in [-0.05, 0) is 31.4 Å². The van der Waals surface area contributed by atoms with Crippen LogP contribution in [0.4, 0.5) is 0 Å². The minimum Gasteiger partial charge on any atom is -0.344 e. The van der Waals surface area contributed by atoms with E-state index >= 15 is 0 Å². The number of rotatable bonds is 1. The summed E-state index contributed by atoms with van der Waals surface area (Å²) >= 11 is 1.81. The van der Waals surface area contributed by atoms with E-state index in [1.54, 1.807) is 0 Å². The van der Waals surface area contributed by atoms with Crippen molar-refractivity contribution < 1.29 is 9.59 Å². The molecule has 2 aliphatic heterocycles. The predicted molar refractivity (Wildman–Crippen MR) is 87.6 cm³/mol. The van der Waals surface area contributed by atoms with Gasteiger partial charge in [-0.3, -0.25) is 9.59 Å². The Kier molecular flexibility index (Phi) is 4.71. The van der Waals surface area contributed by atoms with Crippen molar-refractivity contribution in [3.05, 3.63) is 29.8 Å². The van der Waals surface area contributed by atoms with Gasteiger partial charge >= 0.3 is 0 Å². The number of benzene rings is 1. The van der Waals surface area contributed by atoms with Crippen molar-refractivity contribution in [3.63, 3.8) is 0 Å². The lowest BCUT2D eigenvalue weighted by atomic mass is 10.1. The van der Waals surface area contributed by atoms with Crippen molar-refractivity contribution in [1.29, 1.82) is 0 Å². The van der Waals surface area contributed by atoms with Crippen LogP contribution in [0.1, 0.15) is 38.2 Å². The average molecular weight is 318 g/mol. The predicted octanol–water partition coefficient (Wildman–Crippen LogP) is 2.57. The zero-order valence-electron chi connectivity index (χ0n) is 12.9. The first-order valence-corrected chi connectivity index (χ1v) is 8.94. The van der Waals surface area contributed by atoms with E-state index < -0.39 is 0 Å². The lowest BCUT2D eigenvalue weighted by Crippen LogP contribution is -2.50. The molecule has 2 atom stereocenters. The molecule has 4 nitrogen and oxygen atoms in total. The van der Waals surface area contributed by atoms with Gasteiger partial charge < -0.3 is 10.2 Å². The van der Waals surface area contributed by atoms with Crippen molar-refractivity contribution in [2.24, 2.45) is 0 Å². The number of carbonyl (C=O) groups excluding carboxylic acids is 2. The van der Waals surface area contributed by atoms with E-state index in [1.165, 1.54) is 10.5 Å². The van der Waals surface area contributed by atoms with Crippen LogP contribution >= 0.6 is 11.8 Å². The van der Waals surface area contributed by atoms with Crippen molar-refractivity contribution >= 4 is 23.6 Å². The number of hydrogen-bond donors (Lipinski definition) is 1. The van der Waals surface area contributed by atoms with Crippen molar-refractivity contribution in [3.8, 4) is 0 Å². The Bertz CT molecular complexity index is 576. The third-order valence-electron chi connectivity index (χ3n) is 4.39. The molecule has 1 fully saturated rings. The summed E-state index contributed by atoms with van der Waals surface area (Å²) in [5, 5.41) is 2.90. The minimum atomic E-state index is -0.354. The molecule has 3 rings (SSSR count). The summed E-state index contributed by atoms with van der Waals surface area (Å²) in [5.74, 6) is 0.969. The lowest BCUT2D eigenvalue weighted by molar-refractivity contribution is -0.138. The highest BCUT2D eigenvalue weighted by atomic mass is 32.2. The normalized spacial score (nSPS) is 25.7. The van der Waals surface area contributed by atoms with E-state index in [4.69, 9.17) is 0 Å². The number of carbonyl (C=O) groups is 2. The van der Waals surface area contributed by atoms with E-state index in [1.807, 2.05) is 28.8 Å². The van der Waals surface area contributed by atoms with Crippen LogP contribution in [0.3, 0.4) is 0 Å². The van der Waals surface area contributed by atoms with Crippen LogP contribution in [-0.2, 0) is 16.1 Å². The van der Waals surface area contributed by atoms with Crippen molar-refractivity contribution in [2.75, 3.05) is 5.75 Å². The Morgan fingerprint density at radius 2 is 2.14 bits per heavy atom. The first-order valence-electron chi connectivity index (χ1n) is 7.95. The molecule has 0 unspecified atom stereocenters. The largest absolute Gasteiger partial charge is 0.344 e. The Balaban J connectivity index is 1.79. The Morgan fingerprint density at radius 3 is 3.00 bits per heavy atom. The molecule has 0 aliphatic carbocycles. The summed E-state index contributed by atoms with van der Waals surface area (Å²) in [5.41, 5.74) is 1.20. The van der Waals surface area contributed by atoms with Crippen LogP contribution in [0.15, 0.2) is 29.2 Å². The van der Waals surface area contributed by atoms with Crippen LogP contribution in [0, 0.1) is 0 Å². The third-order valence-corrected chi connectivity index (χ3v) is 5.75. The molecule has 0 spiro atoms. The smallest absolute Gasteiger partial charge is 0.245 e. The summed E-state index contributed by atoms with van der Waals surface area (Å²) in [6, 6.07) is 8.09. The molecule has 0 aromatic heterocycles. The van der Waals surface area contributed by atoms with E-state index in [0.29, 0.717) is 13.0 Å². The number of amides is 2. The van der Waals surface area contributed by atoms with Gasteiger partial charge in [-0.25, -0.2) is 0 Å². The molecule has 118 valence electrons. The van der Waals surface area contributed by atoms with E-state index in [9.17, 15) is 9.59 Å². The minimum absolute atomic E-state index is 0.00750. The second-order valence-electron chi connectivity index (χ2n) is 6.10. The molecular weight excluding hydrogens is 296 g/mol. The summed E-state index contributed by atoms with van der Waals surface area (Å²) in [6.45, 7) is 2.73. The molecule has 2 heterocycles. The number of thioether (sulfide) groups is 1. The van der Waals surface area contributed by atoms with Gasteiger partial charge in [0, 0.05) is 29.7 Å². The Labute approximate surface area is 135 Å². The highest BCUT2D eigenvalue weighted by molar-refractivity contribution is 7.99. The van der Waals surface area contributed by atoms with Gasteiger partial charge in [0.1, 0.15) is 6.04 Å². The molecule has 1 aromatic rings. The van der Waals surface area contributed by atoms with Crippen molar-refractivity contribution in [1.82, 2.24) is 10.2 Å². The Hall–Kier alpha value is -1.49. The fourth-order valence-electron chi connectivity index (χ4n) is 3.07. The molecule has 22 heavy (non-hydrogen) atoms. The molecular formula is C17H22N2O2S. The number of nitrogens with one attached hydrogen (secondary N) is 1.